The highest BCUT2D eigenvalue weighted by atomic mass is 32.2. The minimum absolute atomic E-state index is 0.117. The zero-order valence-electron chi connectivity index (χ0n) is 8.57. The molecule has 3 N–H and O–H groups in total. The molecule has 0 aliphatic rings. The molecule has 0 amide bonds. The number of hydrogen-bond donors (Lipinski definition) is 2. The molecule has 2 aromatic heterocycles. The van der Waals surface area contributed by atoms with Crippen LogP contribution < -0.4 is 10.5 Å². The zero-order valence-corrected chi connectivity index (χ0v) is 10.2. The SMILES string of the molecule is Nc1nnc(S(=O)(=O)NCc2cccnc2)s1. The van der Waals surface area contributed by atoms with Crippen LogP contribution in [0.1, 0.15) is 5.56 Å². The predicted octanol–water partition coefficient (Wildman–Crippen LogP) is -0.00620. The lowest BCUT2D eigenvalue weighted by molar-refractivity contribution is 0.579. The Morgan fingerprint density at radius 2 is 2.24 bits per heavy atom. The number of nitrogens with one attached hydrogen (secondary N) is 1. The maximum Gasteiger partial charge on any atom is 0.270 e. The second-order valence-corrected chi connectivity index (χ2v) is 6.04. The molecule has 0 radical (unpaired) electrons. The molecule has 2 aromatic rings. The maximum absolute atomic E-state index is 11.7. The minimum Gasteiger partial charge on any atom is -0.374 e. The molecular formula is C8H9N5O2S2. The van der Waals surface area contributed by atoms with Gasteiger partial charge in [-0.25, -0.2) is 13.1 Å². The van der Waals surface area contributed by atoms with Crippen LogP contribution in [0.25, 0.3) is 0 Å². The summed E-state index contributed by atoms with van der Waals surface area (Å²) in [6.45, 7) is 0.148. The van der Waals surface area contributed by atoms with Gasteiger partial charge >= 0.3 is 0 Å². The van der Waals surface area contributed by atoms with Crippen molar-refractivity contribution in [3.05, 3.63) is 30.1 Å². The van der Waals surface area contributed by atoms with Gasteiger partial charge in [0.2, 0.25) is 9.47 Å². The second kappa shape index (κ2) is 4.73. The lowest BCUT2D eigenvalue weighted by Gasteiger charge is -2.02. The number of nitrogen functional groups attached to an aromatic ring is 1. The van der Waals surface area contributed by atoms with Gasteiger partial charge in [-0.3, -0.25) is 4.98 Å². The van der Waals surface area contributed by atoms with Gasteiger partial charge in [0.1, 0.15) is 0 Å². The van der Waals surface area contributed by atoms with Gasteiger partial charge in [0.25, 0.3) is 10.0 Å². The van der Waals surface area contributed by atoms with Crippen molar-refractivity contribution in [3.8, 4) is 0 Å². The topological polar surface area (TPSA) is 111 Å². The molecule has 0 spiro atoms. The summed E-state index contributed by atoms with van der Waals surface area (Å²) >= 11 is 0.819. The lowest BCUT2D eigenvalue weighted by Crippen LogP contribution is -2.23. The van der Waals surface area contributed by atoms with Crippen molar-refractivity contribution in [2.24, 2.45) is 0 Å². The van der Waals surface area contributed by atoms with Crippen LogP contribution in [0.5, 0.6) is 0 Å². The minimum atomic E-state index is -3.65. The van der Waals surface area contributed by atoms with Crippen LogP contribution >= 0.6 is 11.3 Å². The molecule has 0 unspecified atom stereocenters. The molecule has 0 atom stereocenters. The zero-order chi connectivity index (χ0) is 12.3. The molecule has 0 saturated heterocycles. The quantitative estimate of drug-likeness (QED) is 0.809. The van der Waals surface area contributed by atoms with Crippen molar-refractivity contribution in [2.75, 3.05) is 5.73 Å². The third-order valence-corrected chi connectivity index (χ3v) is 4.36. The van der Waals surface area contributed by atoms with Gasteiger partial charge in [-0.1, -0.05) is 17.4 Å². The van der Waals surface area contributed by atoms with Crippen LogP contribution in [0.4, 0.5) is 5.13 Å². The molecule has 0 bridgehead atoms. The van der Waals surface area contributed by atoms with Gasteiger partial charge in [0.15, 0.2) is 0 Å². The van der Waals surface area contributed by atoms with E-state index < -0.39 is 10.0 Å². The number of hydrogen-bond acceptors (Lipinski definition) is 7. The summed E-state index contributed by atoms with van der Waals surface area (Å²) in [6, 6.07) is 3.50. The van der Waals surface area contributed by atoms with Crippen molar-refractivity contribution >= 4 is 26.5 Å². The van der Waals surface area contributed by atoms with E-state index in [1.54, 1.807) is 24.5 Å². The first-order chi connectivity index (χ1) is 8.08. The van der Waals surface area contributed by atoms with E-state index in [9.17, 15) is 8.42 Å². The molecule has 7 nitrogen and oxygen atoms in total. The van der Waals surface area contributed by atoms with Crippen molar-refractivity contribution in [2.45, 2.75) is 10.9 Å². The van der Waals surface area contributed by atoms with Crippen LogP contribution in [-0.2, 0) is 16.6 Å². The van der Waals surface area contributed by atoms with E-state index in [-0.39, 0.29) is 16.0 Å². The monoisotopic (exact) mass is 271 g/mol. The Bertz CT molecular complexity index is 595. The van der Waals surface area contributed by atoms with E-state index in [4.69, 9.17) is 5.73 Å². The van der Waals surface area contributed by atoms with Gasteiger partial charge in [-0.15, -0.1) is 10.2 Å². The van der Waals surface area contributed by atoms with Gasteiger partial charge in [0.05, 0.1) is 0 Å². The van der Waals surface area contributed by atoms with Crippen molar-refractivity contribution in [3.63, 3.8) is 0 Å². The predicted molar refractivity (Wildman–Crippen MR) is 62.6 cm³/mol. The van der Waals surface area contributed by atoms with Crippen LogP contribution in [-0.4, -0.2) is 23.6 Å². The van der Waals surface area contributed by atoms with Gasteiger partial charge in [-0.2, -0.15) is 0 Å². The molecule has 2 heterocycles. The first kappa shape index (κ1) is 11.9. The molecular weight excluding hydrogens is 262 g/mol. The Balaban J connectivity index is 2.09. The van der Waals surface area contributed by atoms with Crippen molar-refractivity contribution in [1.82, 2.24) is 19.9 Å². The van der Waals surface area contributed by atoms with E-state index in [0.29, 0.717) is 0 Å². The summed E-state index contributed by atoms with van der Waals surface area (Å²) in [5.74, 6) is 0. The number of sulfonamides is 1. The highest BCUT2D eigenvalue weighted by molar-refractivity contribution is 7.91. The molecule has 0 fully saturated rings. The summed E-state index contributed by atoms with van der Waals surface area (Å²) in [5, 5.41) is 7.05. The van der Waals surface area contributed by atoms with Gasteiger partial charge < -0.3 is 5.73 Å². The molecule has 0 saturated carbocycles. The Morgan fingerprint density at radius 1 is 1.41 bits per heavy atom. The Kier molecular flexibility index (Phi) is 3.31. The standard InChI is InChI=1S/C8H9N5O2S2/c9-7-12-13-8(16-7)17(14,15)11-5-6-2-1-3-10-4-6/h1-4,11H,5H2,(H2,9,12). The van der Waals surface area contributed by atoms with Crippen molar-refractivity contribution in [1.29, 1.82) is 0 Å². The number of aromatic nitrogens is 3. The summed E-state index contributed by atoms with van der Waals surface area (Å²) < 4.78 is 25.7. The summed E-state index contributed by atoms with van der Waals surface area (Å²) in [4.78, 5) is 3.88. The summed E-state index contributed by atoms with van der Waals surface area (Å²) in [7, 11) is -3.65. The first-order valence-corrected chi connectivity index (χ1v) is 6.85. The second-order valence-electron chi connectivity index (χ2n) is 3.09. The summed E-state index contributed by atoms with van der Waals surface area (Å²) in [5.41, 5.74) is 6.08. The molecule has 0 aliphatic carbocycles. The molecule has 0 aliphatic heterocycles. The van der Waals surface area contributed by atoms with Gasteiger partial charge in [-0.05, 0) is 11.6 Å². The van der Waals surface area contributed by atoms with E-state index in [2.05, 4.69) is 19.9 Å². The molecule has 17 heavy (non-hydrogen) atoms. The van der Waals surface area contributed by atoms with Crippen LogP contribution in [0.3, 0.4) is 0 Å². The largest absolute Gasteiger partial charge is 0.374 e. The molecule has 9 heteroatoms. The van der Waals surface area contributed by atoms with Crippen LogP contribution in [0.15, 0.2) is 28.9 Å². The highest BCUT2D eigenvalue weighted by Crippen LogP contribution is 2.16. The first-order valence-electron chi connectivity index (χ1n) is 4.55. The van der Waals surface area contributed by atoms with Crippen LogP contribution in [0, 0.1) is 0 Å². The number of pyridine rings is 1. The normalized spacial score (nSPS) is 11.5. The molecule has 2 rings (SSSR count). The Labute approximate surface area is 102 Å². The third kappa shape index (κ3) is 2.96. The lowest BCUT2D eigenvalue weighted by atomic mass is 10.3. The van der Waals surface area contributed by atoms with E-state index in [0.717, 1.165) is 16.9 Å². The number of nitrogens with zero attached hydrogens (tertiary/aromatic N) is 3. The Morgan fingerprint density at radius 3 is 2.82 bits per heavy atom. The number of anilines is 1. The average molecular weight is 271 g/mol. The summed E-state index contributed by atoms with van der Waals surface area (Å²) in [6.07, 6.45) is 3.19. The fourth-order valence-electron chi connectivity index (χ4n) is 1.07. The number of nitrogens with two attached hydrogens (primary N) is 1. The average Bonchev–Trinajstić information content (AvgIpc) is 2.76. The van der Waals surface area contributed by atoms with Crippen molar-refractivity contribution < 1.29 is 8.42 Å². The highest BCUT2D eigenvalue weighted by Gasteiger charge is 2.18. The van der Waals surface area contributed by atoms with E-state index in [1.165, 1.54) is 0 Å². The van der Waals surface area contributed by atoms with Gasteiger partial charge in [0, 0.05) is 18.9 Å². The molecule has 0 aromatic carbocycles. The van der Waals surface area contributed by atoms with Crippen LogP contribution in [0.2, 0.25) is 0 Å². The Hall–Kier alpha value is -1.58. The fourth-order valence-corrected chi connectivity index (χ4v) is 2.91. The maximum atomic E-state index is 11.7. The molecule has 90 valence electrons. The number of rotatable bonds is 4. The van der Waals surface area contributed by atoms with E-state index in [1.807, 2.05) is 0 Å². The smallest absolute Gasteiger partial charge is 0.270 e. The van der Waals surface area contributed by atoms with E-state index >= 15 is 0 Å². The fraction of sp³-hybridized carbons (Fsp3) is 0.125. The third-order valence-electron chi connectivity index (χ3n) is 1.84.